The number of hydrogen-bond donors (Lipinski definition) is 0. The fourth-order valence-electron chi connectivity index (χ4n) is 3.99. The molecule has 30 heavy (non-hydrogen) atoms. The Bertz CT molecular complexity index is 1170. The Morgan fingerprint density at radius 1 is 0.967 bits per heavy atom. The van der Waals surface area contributed by atoms with E-state index in [1.165, 1.54) is 38.4 Å². The van der Waals surface area contributed by atoms with E-state index in [1.54, 1.807) is 23.9 Å². The van der Waals surface area contributed by atoms with Crippen molar-refractivity contribution in [2.24, 2.45) is 0 Å². The van der Waals surface area contributed by atoms with Gasteiger partial charge in [0.15, 0.2) is 16.6 Å². The number of hydrogen-bond acceptors (Lipinski definition) is 5. The molecule has 7 heteroatoms. The molecule has 5 rings (SSSR count). The first-order valence-corrected chi connectivity index (χ1v) is 11.5. The maximum Gasteiger partial charge on any atom is 0.191 e. The molecule has 0 saturated carbocycles. The van der Waals surface area contributed by atoms with E-state index < -0.39 is 0 Å². The van der Waals surface area contributed by atoms with Crippen LogP contribution in [0.15, 0.2) is 53.7 Å². The number of thioether (sulfide) groups is 1. The molecule has 0 spiro atoms. The van der Waals surface area contributed by atoms with E-state index in [9.17, 15) is 4.39 Å². The molecule has 3 heterocycles. The predicted molar refractivity (Wildman–Crippen MR) is 118 cm³/mol. The standard InChI is InChI=1S/C23H24FN5S/c24-18-8-6-7-17(15-18)16-30-23-25-20-10-3-2-9-19(20)22-26-21(27-29(22)23)11-14-28-12-4-1-5-13-28/h2-3,6-10,15H,1,4-5,11-14,16H2. The smallest absolute Gasteiger partial charge is 0.191 e. The number of nitrogens with zero attached hydrogens (tertiary/aromatic N) is 5. The molecule has 1 saturated heterocycles. The van der Waals surface area contributed by atoms with Crippen LogP contribution in [0.1, 0.15) is 30.7 Å². The van der Waals surface area contributed by atoms with Gasteiger partial charge in [-0.1, -0.05) is 42.4 Å². The van der Waals surface area contributed by atoms with Crippen LogP contribution in [0.3, 0.4) is 0 Å². The topological polar surface area (TPSA) is 46.3 Å². The van der Waals surface area contributed by atoms with Gasteiger partial charge in [0.1, 0.15) is 5.82 Å². The lowest BCUT2D eigenvalue weighted by molar-refractivity contribution is 0.230. The molecule has 0 aliphatic carbocycles. The molecule has 0 atom stereocenters. The Morgan fingerprint density at radius 3 is 2.70 bits per heavy atom. The Kier molecular flexibility index (Phi) is 5.64. The fraction of sp³-hybridized carbons (Fsp3) is 0.348. The first kappa shape index (κ1) is 19.5. The number of fused-ring (bicyclic) bond motifs is 3. The second-order valence-corrected chi connectivity index (χ2v) is 8.69. The van der Waals surface area contributed by atoms with Gasteiger partial charge in [0.05, 0.1) is 5.52 Å². The fourth-order valence-corrected chi connectivity index (χ4v) is 4.88. The molecule has 0 radical (unpaired) electrons. The van der Waals surface area contributed by atoms with Crippen molar-refractivity contribution in [3.63, 3.8) is 0 Å². The van der Waals surface area contributed by atoms with Gasteiger partial charge in [0, 0.05) is 24.1 Å². The molecule has 4 aromatic rings. The lowest BCUT2D eigenvalue weighted by atomic mass is 10.1. The first-order chi connectivity index (χ1) is 14.8. The summed E-state index contributed by atoms with van der Waals surface area (Å²) in [6.45, 7) is 3.34. The number of halogens is 1. The molecular weight excluding hydrogens is 397 g/mol. The van der Waals surface area contributed by atoms with Crippen molar-refractivity contribution in [3.8, 4) is 0 Å². The summed E-state index contributed by atoms with van der Waals surface area (Å²) in [4.78, 5) is 12.2. The van der Waals surface area contributed by atoms with Crippen LogP contribution in [0.25, 0.3) is 16.6 Å². The zero-order valence-electron chi connectivity index (χ0n) is 16.8. The number of rotatable bonds is 6. The van der Waals surface area contributed by atoms with Crippen LogP contribution in [0, 0.1) is 5.82 Å². The minimum absolute atomic E-state index is 0.217. The Hall–Kier alpha value is -2.51. The highest BCUT2D eigenvalue weighted by Gasteiger charge is 2.16. The highest BCUT2D eigenvalue weighted by Crippen LogP contribution is 2.26. The third kappa shape index (κ3) is 4.18. The number of aromatic nitrogens is 4. The molecule has 1 aliphatic rings. The quantitative estimate of drug-likeness (QED) is 0.332. The normalized spacial score (nSPS) is 15.2. The lowest BCUT2D eigenvalue weighted by Crippen LogP contribution is -2.31. The van der Waals surface area contributed by atoms with Crippen LogP contribution in [0.5, 0.6) is 0 Å². The minimum atomic E-state index is -0.217. The van der Waals surface area contributed by atoms with Crippen LogP contribution in [0.2, 0.25) is 0 Å². The zero-order valence-corrected chi connectivity index (χ0v) is 17.6. The lowest BCUT2D eigenvalue weighted by Gasteiger charge is -2.25. The van der Waals surface area contributed by atoms with Crippen LogP contribution >= 0.6 is 11.8 Å². The summed E-state index contributed by atoms with van der Waals surface area (Å²) >= 11 is 1.56. The second kappa shape index (κ2) is 8.70. The van der Waals surface area contributed by atoms with E-state index in [2.05, 4.69) is 4.90 Å². The molecule has 1 aliphatic heterocycles. The van der Waals surface area contributed by atoms with Crippen LogP contribution in [0.4, 0.5) is 4.39 Å². The van der Waals surface area contributed by atoms with E-state index in [1.807, 2.05) is 34.8 Å². The molecule has 0 N–H and O–H groups in total. The maximum atomic E-state index is 13.5. The van der Waals surface area contributed by atoms with Gasteiger partial charge in [0.2, 0.25) is 0 Å². The van der Waals surface area contributed by atoms with Crippen molar-refractivity contribution >= 4 is 28.3 Å². The van der Waals surface area contributed by atoms with E-state index in [4.69, 9.17) is 15.1 Å². The largest absolute Gasteiger partial charge is 0.303 e. The van der Waals surface area contributed by atoms with Crippen LogP contribution in [-0.4, -0.2) is 44.1 Å². The highest BCUT2D eigenvalue weighted by atomic mass is 32.2. The van der Waals surface area contributed by atoms with E-state index in [-0.39, 0.29) is 5.82 Å². The van der Waals surface area contributed by atoms with Crippen molar-refractivity contribution in [1.29, 1.82) is 0 Å². The van der Waals surface area contributed by atoms with Gasteiger partial charge in [-0.3, -0.25) is 0 Å². The minimum Gasteiger partial charge on any atom is -0.303 e. The molecule has 154 valence electrons. The van der Waals surface area contributed by atoms with Gasteiger partial charge in [-0.2, -0.15) is 4.52 Å². The second-order valence-electron chi connectivity index (χ2n) is 7.75. The number of piperidine rings is 1. The molecule has 0 amide bonds. The molecule has 0 bridgehead atoms. The number of likely N-dealkylation sites (tertiary alicyclic amines) is 1. The predicted octanol–water partition coefficient (Wildman–Crippen LogP) is 4.74. The highest BCUT2D eigenvalue weighted by molar-refractivity contribution is 7.98. The Labute approximate surface area is 179 Å². The summed E-state index contributed by atoms with van der Waals surface area (Å²) < 4.78 is 15.4. The monoisotopic (exact) mass is 421 g/mol. The van der Waals surface area contributed by atoms with Gasteiger partial charge in [-0.25, -0.2) is 14.4 Å². The average Bonchev–Trinajstić information content (AvgIpc) is 3.22. The van der Waals surface area contributed by atoms with Gasteiger partial charge in [0.25, 0.3) is 0 Å². The molecule has 5 nitrogen and oxygen atoms in total. The first-order valence-electron chi connectivity index (χ1n) is 10.5. The summed E-state index contributed by atoms with van der Waals surface area (Å²) in [6, 6.07) is 14.7. The molecule has 0 unspecified atom stereocenters. The average molecular weight is 422 g/mol. The van der Waals surface area contributed by atoms with Crippen LogP contribution in [-0.2, 0) is 12.2 Å². The summed E-state index contributed by atoms with van der Waals surface area (Å²) in [7, 11) is 0. The molecule has 2 aromatic heterocycles. The van der Waals surface area contributed by atoms with Crippen LogP contribution < -0.4 is 0 Å². The third-order valence-electron chi connectivity index (χ3n) is 5.55. The molecular formula is C23H24FN5S. The maximum absolute atomic E-state index is 13.5. The van der Waals surface area contributed by atoms with Gasteiger partial charge in [-0.15, -0.1) is 5.10 Å². The van der Waals surface area contributed by atoms with Gasteiger partial charge >= 0.3 is 0 Å². The van der Waals surface area contributed by atoms with E-state index in [0.717, 1.165) is 46.1 Å². The molecule has 2 aromatic carbocycles. The summed E-state index contributed by atoms with van der Waals surface area (Å²) in [6.07, 6.45) is 4.75. The van der Waals surface area contributed by atoms with E-state index >= 15 is 0 Å². The summed E-state index contributed by atoms with van der Waals surface area (Å²) in [5.41, 5.74) is 2.67. The Balaban J connectivity index is 1.44. The number of para-hydroxylation sites is 1. The van der Waals surface area contributed by atoms with Crippen molar-refractivity contribution in [1.82, 2.24) is 24.5 Å². The third-order valence-corrected chi connectivity index (χ3v) is 6.55. The van der Waals surface area contributed by atoms with E-state index in [0.29, 0.717) is 5.75 Å². The van der Waals surface area contributed by atoms with Gasteiger partial charge in [-0.05, 0) is 55.8 Å². The summed E-state index contributed by atoms with van der Waals surface area (Å²) in [5, 5.41) is 6.58. The van der Waals surface area contributed by atoms with Gasteiger partial charge < -0.3 is 4.90 Å². The number of benzene rings is 2. The molecule has 1 fully saturated rings. The Morgan fingerprint density at radius 2 is 1.83 bits per heavy atom. The van der Waals surface area contributed by atoms with Crippen molar-refractivity contribution < 1.29 is 4.39 Å². The summed E-state index contributed by atoms with van der Waals surface area (Å²) in [5.74, 6) is 1.26. The van der Waals surface area contributed by atoms with Crippen molar-refractivity contribution in [3.05, 3.63) is 65.7 Å². The zero-order chi connectivity index (χ0) is 20.3. The SMILES string of the molecule is Fc1cccc(CSc2nc3ccccc3c3nc(CCN4CCCCC4)nn23)c1. The van der Waals surface area contributed by atoms with Crippen molar-refractivity contribution in [2.75, 3.05) is 19.6 Å². The van der Waals surface area contributed by atoms with Crippen molar-refractivity contribution in [2.45, 2.75) is 36.6 Å².